The van der Waals surface area contributed by atoms with Gasteiger partial charge in [0.15, 0.2) is 5.78 Å². The zero-order chi connectivity index (χ0) is 13.2. The fourth-order valence-corrected chi connectivity index (χ4v) is 2.41. The van der Waals surface area contributed by atoms with Gasteiger partial charge in [-0.2, -0.15) is 0 Å². The van der Waals surface area contributed by atoms with Gasteiger partial charge in [0.05, 0.1) is 5.92 Å². The number of rotatable bonds is 3. The summed E-state index contributed by atoms with van der Waals surface area (Å²) in [5.41, 5.74) is 2.38. The molecular weight excluding hydrogens is 238 g/mol. The number of carbonyl (C=O) groups excluding carboxylic acids is 2. The molecule has 1 unspecified atom stereocenters. The molecule has 2 aromatic rings. The van der Waals surface area contributed by atoms with Gasteiger partial charge >= 0.3 is 0 Å². The third kappa shape index (κ3) is 2.15. The van der Waals surface area contributed by atoms with Crippen LogP contribution in [0.4, 0.5) is 5.69 Å². The van der Waals surface area contributed by atoms with Gasteiger partial charge in [-0.15, -0.1) is 0 Å². The first kappa shape index (κ1) is 11.7. The SMILES string of the molecule is O=C(CC1C(=O)Nc2ccccc21)c1ccccc1. The maximum atomic E-state index is 12.2. The fraction of sp³-hybridized carbons (Fsp3) is 0.125. The van der Waals surface area contributed by atoms with Gasteiger partial charge < -0.3 is 5.32 Å². The number of anilines is 1. The first-order valence-corrected chi connectivity index (χ1v) is 6.24. The van der Waals surface area contributed by atoms with Gasteiger partial charge in [0.25, 0.3) is 0 Å². The molecule has 0 saturated carbocycles. The lowest BCUT2D eigenvalue weighted by Gasteiger charge is -2.07. The summed E-state index contributed by atoms with van der Waals surface area (Å²) in [5, 5.41) is 2.81. The first-order chi connectivity index (χ1) is 9.25. The largest absolute Gasteiger partial charge is 0.325 e. The summed E-state index contributed by atoms with van der Waals surface area (Å²) in [4.78, 5) is 24.1. The molecule has 3 heteroatoms. The van der Waals surface area contributed by atoms with Gasteiger partial charge in [-0.1, -0.05) is 48.5 Å². The number of para-hydroxylation sites is 1. The molecule has 0 spiro atoms. The fourth-order valence-electron chi connectivity index (χ4n) is 2.41. The summed E-state index contributed by atoms with van der Waals surface area (Å²) in [5.74, 6) is -0.466. The Labute approximate surface area is 111 Å². The summed E-state index contributed by atoms with van der Waals surface area (Å²) in [7, 11) is 0. The van der Waals surface area contributed by atoms with Crippen LogP contribution in [-0.2, 0) is 4.79 Å². The molecule has 3 rings (SSSR count). The Kier molecular flexibility index (Phi) is 2.88. The number of carbonyl (C=O) groups is 2. The smallest absolute Gasteiger partial charge is 0.232 e. The van der Waals surface area contributed by atoms with Crippen molar-refractivity contribution in [1.82, 2.24) is 0 Å². The highest BCUT2D eigenvalue weighted by Crippen LogP contribution is 2.34. The van der Waals surface area contributed by atoms with Gasteiger partial charge in [-0.25, -0.2) is 0 Å². The average Bonchev–Trinajstić information content (AvgIpc) is 2.76. The van der Waals surface area contributed by atoms with Crippen LogP contribution in [0.3, 0.4) is 0 Å². The molecule has 1 amide bonds. The topological polar surface area (TPSA) is 46.2 Å². The van der Waals surface area contributed by atoms with E-state index in [1.165, 1.54) is 0 Å². The lowest BCUT2D eigenvalue weighted by Crippen LogP contribution is -2.16. The Hall–Kier alpha value is -2.42. The van der Waals surface area contributed by atoms with Gasteiger partial charge in [0, 0.05) is 17.7 Å². The van der Waals surface area contributed by atoms with Crippen LogP contribution in [0.15, 0.2) is 54.6 Å². The van der Waals surface area contributed by atoms with Crippen LogP contribution in [0.25, 0.3) is 0 Å². The lowest BCUT2D eigenvalue weighted by atomic mass is 9.93. The third-order valence-electron chi connectivity index (χ3n) is 3.40. The van der Waals surface area contributed by atoms with E-state index in [-0.39, 0.29) is 24.0 Å². The van der Waals surface area contributed by atoms with Crippen molar-refractivity contribution in [2.24, 2.45) is 0 Å². The second kappa shape index (κ2) is 4.69. The number of nitrogens with one attached hydrogen (secondary N) is 1. The summed E-state index contributed by atoms with van der Waals surface area (Å²) < 4.78 is 0. The molecular formula is C16H13NO2. The Morgan fingerprint density at radius 3 is 2.47 bits per heavy atom. The van der Waals surface area contributed by atoms with Crippen LogP contribution in [0, 0.1) is 0 Å². The monoisotopic (exact) mass is 251 g/mol. The minimum absolute atomic E-state index is 0.00236. The number of benzene rings is 2. The van der Waals surface area contributed by atoms with Crippen LogP contribution in [0.2, 0.25) is 0 Å². The van der Waals surface area contributed by atoms with Gasteiger partial charge in [-0.05, 0) is 11.6 Å². The van der Waals surface area contributed by atoms with Gasteiger partial charge in [-0.3, -0.25) is 9.59 Å². The number of hydrogen-bond donors (Lipinski definition) is 1. The Bertz CT molecular complexity index is 634. The number of hydrogen-bond acceptors (Lipinski definition) is 2. The molecule has 1 N–H and O–H groups in total. The Morgan fingerprint density at radius 1 is 1.00 bits per heavy atom. The van der Waals surface area contributed by atoms with E-state index in [9.17, 15) is 9.59 Å². The van der Waals surface area contributed by atoms with Crippen LogP contribution in [0.5, 0.6) is 0 Å². The molecule has 0 saturated heterocycles. The van der Waals surface area contributed by atoms with Crippen molar-refractivity contribution in [3.05, 3.63) is 65.7 Å². The van der Waals surface area contributed by atoms with E-state index in [4.69, 9.17) is 0 Å². The molecule has 1 atom stereocenters. The predicted molar refractivity (Wildman–Crippen MR) is 73.2 cm³/mol. The average molecular weight is 251 g/mol. The Balaban J connectivity index is 1.85. The van der Waals surface area contributed by atoms with Gasteiger partial charge in [0.2, 0.25) is 5.91 Å². The van der Waals surface area contributed by atoms with Crippen molar-refractivity contribution in [3.63, 3.8) is 0 Å². The van der Waals surface area contributed by atoms with E-state index in [0.717, 1.165) is 11.3 Å². The highest BCUT2D eigenvalue weighted by Gasteiger charge is 2.31. The zero-order valence-corrected chi connectivity index (χ0v) is 10.3. The second-order valence-corrected chi connectivity index (χ2v) is 4.62. The van der Waals surface area contributed by atoms with Crippen LogP contribution in [-0.4, -0.2) is 11.7 Å². The Morgan fingerprint density at radius 2 is 1.68 bits per heavy atom. The molecule has 1 aliphatic heterocycles. The summed E-state index contributed by atoms with van der Waals surface area (Å²) in [6.07, 6.45) is 0.215. The maximum absolute atomic E-state index is 12.2. The second-order valence-electron chi connectivity index (χ2n) is 4.62. The molecule has 0 radical (unpaired) electrons. The normalized spacial score (nSPS) is 16.8. The lowest BCUT2D eigenvalue weighted by molar-refractivity contribution is -0.117. The van der Waals surface area contributed by atoms with Crippen molar-refractivity contribution in [2.45, 2.75) is 12.3 Å². The van der Waals surface area contributed by atoms with Crippen LogP contribution in [0.1, 0.15) is 28.3 Å². The first-order valence-electron chi connectivity index (χ1n) is 6.24. The van der Waals surface area contributed by atoms with E-state index < -0.39 is 0 Å². The minimum Gasteiger partial charge on any atom is -0.325 e. The standard InChI is InChI=1S/C16H13NO2/c18-15(11-6-2-1-3-7-11)10-13-12-8-4-5-9-14(12)17-16(13)19/h1-9,13H,10H2,(H,17,19). The molecule has 1 aliphatic rings. The molecule has 0 aromatic heterocycles. The zero-order valence-electron chi connectivity index (χ0n) is 10.3. The quantitative estimate of drug-likeness (QED) is 0.852. The summed E-state index contributed by atoms with van der Waals surface area (Å²) in [6.45, 7) is 0. The third-order valence-corrected chi connectivity index (χ3v) is 3.40. The molecule has 3 nitrogen and oxygen atoms in total. The minimum atomic E-state index is -0.371. The van der Waals surface area contributed by atoms with Crippen molar-refractivity contribution in [1.29, 1.82) is 0 Å². The molecule has 0 aliphatic carbocycles. The highest BCUT2D eigenvalue weighted by atomic mass is 16.2. The molecule has 1 heterocycles. The summed E-state index contributed by atoms with van der Waals surface area (Å²) >= 11 is 0. The van der Waals surface area contributed by atoms with E-state index in [2.05, 4.69) is 5.32 Å². The highest BCUT2D eigenvalue weighted by molar-refractivity contribution is 6.07. The van der Waals surface area contributed by atoms with Crippen molar-refractivity contribution in [2.75, 3.05) is 5.32 Å². The van der Waals surface area contributed by atoms with Crippen LogP contribution >= 0.6 is 0 Å². The van der Waals surface area contributed by atoms with Crippen LogP contribution < -0.4 is 5.32 Å². The van der Waals surface area contributed by atoms with E-state index in [1.54, 1.807) is 12.1 Å². The number of ketones is 1. The van der Waals surface area contributed by atoms with E-state index in [1.807, 2.05) is 42.5 Å². The van der Waals surface area contributed by atoms with Gasteiger partial charge in [0.1, 0.15) is 0 Å². The molecule has 19 heavy (non-hydrogen) atoms. The molecule has 0 bridgehead atoms. The summed E-state index contributed by atoms with van der Waals surface area (Å²) in [6, 6.07) is 16.6. The number of amides is 1. The number of fused-ring (bicyclic) bond motifs is 1. The molecule has 94 valence electrons. The van der Waals surface area contributed by atoms with E-state index >= 15 is 0 Å². The number of Topliss-reactive ketones (excluding diaryl/α,β-unsaturated/α-hetero) is 1. The van der Waals surface area contributed by atoms with Crippen molar-refractivity contribution in [3.8, 4) is 0 Å². The molecule has 2 aromatic carbocycles. The predicted octanol–water partition coefficient (Wildman–Crippen LogP) is 3.00. The maximum Gasteiger partial charge on any atom is 0.232 e. The van der Waals surface area contributed by atoms with Crippen molar-refractivity contribution < 1.29 is 9.59 Å². The molecule has 0 fully saturated rings. The van der Waals surface area contributed by atoms with Crippen molar-refractivity contribution >= 4 is 17.4 Å². The van der Waals surface area contributed by atoms with E-state index in [0.29, 0.717) is 5.56 Å².